The first-order chi connectivity index (χ1) is 8.65. The van der Waals surface area contributed by atoms with Gasteiger partial charge in [0.25, 0.3) is 0 Å². The molecule has 0 bridgehead atoms. The summed E-state index contributed by atoms with van der Waals surface area (Å²) in [7, 11) is 1.85. The first-order valence-corrected chi connectivity index (χ1v) is 6.06. The van der Waals surface area contributed by atoms with Gasteiger partial charge in [0.2, 0.25) is 0 Å². The molecule has 5 heteroatoms. The maximum absolute atomic E-state index is 13.4. The van der Waals surface area contributed by atoms with Crippen molar-refractivity contribution in [2.75, 3.05) is 13.7 Å². The van der Waals surface area contributed by atoms with Crippen LogP contribution in [-0.2, 0) is 4.74 Å². The number of ether oxygens (including phenoxy) is 2. The van der Waals surface area contributed by atoms with Crippen molar-refractivity contribution in [2.45, 2.75) is 31.6 Å². The third kappa shape index (κ3) is 2.62. The molecule has 0 spiro atoms. The summed E-state index contributed by atoms with van der Waals surface area (Å²) in [5, 5.41) is 3.12. The number of likely N-dealkylation sites (N-methyl/N-ethyl adjacent to an activating group) is 1. The van der Waals surface area contributed by atoms with E-state index in [0.717, 1.165) is 12.5 Å². The van der Waals surface area contributed by atoms with E-state index >= 15 is 0 Å². The second-order valence-electron chi connectivity index (χ2n) is 4.28. The van der Waals surface area contributed by atoms with Crippen LogP contribution in [0.2, 0.25) is 0 Å². The van der Waals surface area contributed by atoms with Crippen LogP contribution in [-0.4, -0.2) is 31.9 Å². The first-order valence-electron chi connectivity index (χ1n) is 6.06. The fourth-order valence-electron chi connectivity index (χ4n) is 2.13. The molecule has 3 atom stereocenters. The molecule has 1 aliphatic rings. The normalized spacial score (nSPS) is 26.8. The maximum Gasteiger partial charge on any atom is 0.167 e. The Hall–Kier alpha value is -1.20. The second-order valence-corrected chi connectivity index (χ2v) is 4.28. The van der Waals surface area contributed by atoms with E-state index in [1.807, 2.05) is 14.0 Å². The Morgan fingerprint density at radius 3 is 2.78 bits per heavy atom. The molecule has 1 saturated carbocycles. The second kappa shape index (κ2) is 5.63. The minimum atomic E-state index is -0.682. The number of hydrogen-bond donors (Lipinski definition) is 1. The standard InChI is InChI=1S/C13H17F2NO2/c1-3-17-13-10(16-2)7-12(13)18-11-5-4-8(14)6-9(11)15/h4-6,10,12-13,16H,3,7H2,1-2H3. The predicted molar refractivity (Wildman–Crippen MR) is 63.7 cm³/mol. The van der Waals surface area contributed by atoms with Gasteiger partial charge in [0, 0.05) is 25.1 Å². The molecule has 3 unspecified atom stereocenters. The van der Waals surface area contributed by atoms with Gasteiger partial charge in [0.15, 0.2) is 11.6 Å². The molecule has 1 aromatic carbocycles. The number of hydrogen-bond acceptors (Lipinski definition) is 3. The molecular formula is C13H17F2NO2. The van der Waals surface area contributed by atoms with Crippen LogP contribution < -0.4 is 10.1 Å². The van der Waals surface area contributed by atoms with Crippen molar-refractivity contribution in [3.63, 3.8) is 0 Å². The molecule has 18 heavy (non-hydrogen) atoms. The highest BCUT2D eigenvalue weighted by molar-refractivity contribution is 5.25. The summed E-state index contributed by atoms with van der Waals surface area (Å²) >= 11 is 0. The zero-order chi connectivity index (χ0) is 13.1. The van der Waals surface area contributed by atoms with E-state index in [-0.39, 0.29) is 24.0 Å². The van der Waals surface area contributed by atoms with E-state index in [1.165, 1.54) is 12.1 Å². The quantitative estimate of drug-likeness (QED) is 0.876. The van der Waals surface area contributed by atoms with Gasteiger partial charge < -0.3 is 14.8 Å². The fraction of sp³-hybridized carbons (Fsp3) is 0.538. The fourth-order valence-corrected chi connectivity index (χ4v) is 2.13. The van der Waals surface area contributed by atoms with Crippen molar-refractivity contribution in [2.24, 2.45) is 0 Å². The lowest BCUT2D eigenvalue weighted by molar-refractivity contribution is -0.104. The minimum Gasteiger partial charge on any atom is -0.485 e. The Kier molecular flexibility index (Phi) is 4.14. The molecular weight excluding hydrogens is 240 g/mol. The Bertz CT molecular complexity index is 414. The Labute approximate surface area is 105 Å². The number of nitrogens with one attached hydrogen (secondary N) is 1. The number of rotatable bonds is 5. The number of halogens is 2. The van der Waals surface area contributed by atoms with Crippen LogP contribution >= 0.6 is 0 Å². The van der Waals surface area contributed by atoms with Crippen LogP contribution in [0.3, 0.4) is 0 Å². The topological polar surface area (TPSA) is 30.5 Å². The average Bonchev–Trinajstić information content (AvgIpc) is 2.33. The van der Waals surface area contributed by atoms with Gasteiger partial charge in [-0.3, -0.25) is 0 Å². The SMILES string of the molecule is CCOC1C(NC)CC1Oc1ccc(F)cc1F. The third-order valence-corrected chi connectivity index (χ3v) is 3.15. The summed E-state index contributed by atoms with van der Waals surface area (Å²) in [4.78, 5) is 0. The summed E-state index contributed by atoms with van der Waals surface area (Å²) in [5.41, 5.74) is 0. The van der Waals surface area contributed by atoms with Gasteiger partial charge in [-0.05, 0) is 26.1 Å². The minimum absolute atomic E-state index is 0.0701. The zero-order valence-corrected chi connectivity index (χ0v) is 10.5. The van der Waals surface area contributed by atoms with Gasteiger partial charge in [-0.25, -0.2) is 8.78 Å². The van der Waals surface area contributed by atoms with Crippen molar-refractivity contribution in [1.82, 2.24) is 5.32 Å². The van der Waals surface area contributed by atoms with E-state index in [0.29, 0.717) is 6.61 Å². The smallest absolute Gasteiger partial charge is 0.167 e. The molecule has 0 heterocycles. The molecule has 2 rings (SSSR count). The Balaban J connectivity index is 2.01. The summed E-state index contributed by atoms with van der Waals surface area (Å²) in [5.74, 6) is -1.22. The summed E-state index contributed by atoms with van der Waals surface area (Å²) in [6.07, 6.45) is 0.463. The molecule has 3 nitrogen and oxygen atoms in total. The van der Waals surface area contributed by atoms with Gasteiger partial charge in [0.1, 0.15) is 18.0 Å². The van der Waals surface area contributed by atoms with E-state index in [1.54, 1.807) is 0 Å². The van der Waals surface area contributed by atoms with Crippen molar-refractivity contribution >= 4 is 0 Å². The summed E-state index contributed by atoms with van der Waals surface area (Å²) in [6.45, 7) is 2.48. The lowest BCUT2D eigenvalue weighted by atomic mass is 9.85. The molecule has 0 aliphatic heterocycles. The molecule has 0 aromatic heterocycles. The van der Waals surface area contributed by atoms with E-state index in [9.17, 15) is 8.78 Å². The highest BCUT2D eigenvalue weighted by Gasteiger charge is 2.43. The van der Waals surface area contributed by atoms with Crippen LogP contribution in [0.4, 0.5) is 8.78 Å². The van der Waals surface area contributed by atoms with Crippen LogP contribution in [0.15, 0.2) is 18.2 Å². The lowest BCUT2D eigenvalue weighted by Gasteiger charge is -2.43. The van der Waals surface area contributed by atoms with Crippen LogP contribution in [0, 0.1) is 11.6 Å². The summed E-state index contributed by atoms with van der Waals surface area (Å²) < 4.78 is 37.3. The Morgan fingerprint density at radius 2 is 2.17 bits per heavy atom. The zero-order valence-electron chi connectivity index (χ0n) is 10.5. The number of benzene rings is 1. The molecule has 1 N–H and O–H groups in total. The van der Waals surface area contributed by atoms with E-state index in [4.69, 9.17) is 9.47 Å². The van der Waals surface area contributed by atoms with Crippen molar-refractivity contribution in [3.8, 4) is 5.75 Å². The molecule has 100 valence electrons. The molecule has 1 aliphatic carbocycles. The third-order valence-electron chi connectivity index (χ3n) is 3.15. The molecule has 0 amide bonds. The van der Waals surface area contributed by atoms with Crippen LogP contribution in [0.1, 0.15) is 13.3 Å². The van der Waals surface area contributed by atoms with Crippen molar-refractivity contribution in [3.05, 3.63) is 29.8 Å². The van der Waals surface area contributed by atoms with Gasteiger partial charge in [-0.15, -0.1) is 0 Å². The monoisotopic (exact) mass is 257 g/mol. The van der Waals surface area contributed by atoms with Crippen LogP contribution in [0.5, 0.6) is 5.75 Å². The predicted octanol–water partition coefficient (Wildman–Crippen LogP) is 2.11. The first kappa shape index (κ1) is 13.2. The van der Waals surface area contributed by atoms with Crippen molar-refractivity contribution in [1.29, 1.82) is 0 Å². The van der Waals surface area contributed by atoms with E-state index in [2.05, 4.69) is 5.32 Å². The van der Waals surface area contributed by atoms with Gasteiger partial charge >= 0.3 is 0 Å². The van der Waals surface area contributed by atoms with Gasteiger partial charge in [-0.2, -0.15) is 0 Å². The largest absolute Gasteiger partial charge is 0.485 e. The molecule has 0 radical (unpaired) electrons. The lowest BCUT2D eigenvalue weighted by Crippen LogP contribution is -2.60. The van der Waals surface area contributed by atoms with Gasteiger partial charge in [0.05, 0.1) is 0 Å². The molecule has 1 fully saturated rings. The average molecular weight is 257 g/mol. The Morgan fingerprint density at radius 1 is 1.39 bits per heavy atom. The highest BCUT2D eigenvalue weighted by atomic mass is 19.1. The molecule has 1 aromatic rings. The van der Waals surface area contributed by atoms with Crippen molar-refractivity contribution < 1.29 is 18.3 Å². The maximum atomic E-state index is 13.4. The van der Waals surface area contributed by atoms with Crippen LogP contribution in [0.25, 0.3) is 0 Å². The molecule has 0 saturated heterocycles. The van der Waals surface area contributed by atoms with Gasteiger partial charge in [-0.1, -0.05) is 0 Å². The highest BCUT2D eigenvalue weighted by Crippen LogP contribution is 2.30. The summed E-state index contributed by atoms with van der Waals surface area (Å²) in [6, 6.07) is 3.53. The van der Waals surface area contributed by atoms with E-state index < -0.39 is 11.6 Å².